The van der Waals surface area contributed by atoms with Gasteiger partial charge in [-0.1, -0.05) is 74.1 Å². The van der Waals surface area contributed by atoms with Crippen LogP contribution in [0.15, 0.2) is 42.5 Å². The summed E-state index contributed by atoms with van der Waals surface area (Å²) in [5.74, 6) is -2.35. The third-order valence-electron chi connectivity index (χ3n) is 6.45. The van der Waals surface area contributed by atoms with Crippen LogP contribution in [0.1, 0.15) is 56.5 Å². The predicted octanol–water partition coefficient (Wildman–Crippen LogP) is 4.29. The van der Waals surface area contributed by atoms with Crippen LogP contribution in [0.3, 0.4) is 0 Å². The van der Waals surface area contributed by atoms with E-state index in [0.29, 0.717) is 29.2 Å². The maximum Gasteiger partial charge on any atom is 0.471 e. The molecule has 1 aliphatic carbocycles. The van der Waals surface area contributed by atoms with E-state index in [2.05, 4.69) is 15.5 Å². The van der Waals surface area contributed by atoms with Crippen molar-refractivity contribution in [2.24, 2.45) is 5.73 Å². The van der Waals surface area contributed by atoms with Crippen molar-refractivity contribution in [1.82, 2.24) is 15.5 Å². The van der Waals surface area contributed by atoms with E-state index >= 15 is 0 Å². The normalized spacial score (nSPS) is 16.8. The van der Waals surface area contributed by atoms with Crippen LogP contribution >= 0.6 is 11.3 Å². The van der Waals surface area contributed by atoms with E-state index < -0.39 is 24.2 Å². The zero-order valence-corrected chi connectivity index (χ0v) is 21.2. The summed E-state index contributed by atoms with van der Waals surface area (Å²) >= 11 is 1.01. The highest BCUT2D eigenvalue weighted by molar-refractivity contribution is 7.15. The molecule has 1 aromatic carbocycles. The SMILES string of the molecule is CC[C@H](N)C(=O)N[C@H](/C=C/CN(C(=O)C(F)(F)F)c1nnc(C2(C)CCC2)s1)CCc1ccccc1. The molecule has 11 heteroatoms. The second-order valence-corrected chi connectivity index (χ2v) is 10.3. The van der Waals surface area contributed by atoms with Crippen LogP contribution in [0.2, 0.25) is 0 Å². The summed E-state index contributed by atoms with van der Waals surface area (Å²) in [6, 6.07) is 8.48. The maximum absolute atomic E-state index is 13.4. The molecule has 0 radical (unpaired) electrons. The van der Waals surface area contributed by atoms with Crippen molar-refractivity contribution in [2.45, 2.75) is 76.0 Å². The molecule has 2 atom stereocenters. The van der Waals surface area contributed by atoms with Gasteiger partial charge in [-0.05, 0) is 37.7 Å². The standard InChI is InChI=1S/C25H32F3N5O2S/c1-3-19(29)20(34)30-18(13-12-17-9-5-4-6-10-17)11-7-16-33(22(35)25(26,27)28)23-32-31-21(36-23)24(2)14-8-15-24/h4-7,9-11,18-19H,3,8,12-16,29H2,1-2H3,(H,30,34)/b11-7+/t18-,19+/m1/s1. The Bertz CT molecular complexity index is 1050. The van der Waals surface area contributed by atoms with Gasteiger partial charge in [0.2, 0.25) is 11.0 Å². The Kier molecular flexibility index (Phi) is 9.24. The smallest absolute Gasteiger partial charge is 0.349 e. The second-order valence-electron chi connectivity index (χ2n) is 9.30. The third kappa shape index (κ3) is 7.13. The summed E-state index contributed by atoms with van der Waals surface area (Å²) in [5, 5.41) is 11.4. The topological polar surface area (TPSA) is 101 Å². The average Bonchev–Trinajstić information content (AvgIpc) is 3.32. The fraction of sp³-hybridized carbons (Fsp3) is 0.520. The van der Waals surface area contributed by atoms with Gasteiger partial charge >= 0.3 is 12.1 Å². The summed E-state index contributed by atoms with van der Waals surface area (Å²) in [6.45, 7) is 3.43. The Hall–Kier alpha value is -2.79. The first-order valence-electron chi connectivity index (χ1n) is 12.0. The summed E-state index contributed by atoms with van der Waals surface area (Å²) < 4.78 is 40.1. The molecule has 0 spiro atoms. The summed E-state index contributed by atoms with van der Waals surface area (Å²) in [5.41, 5.74) is 6.69. The van der Waals surface area contributed by atoms with E-state index in [-0.39, 0.29) is 23.0 Å². The first-order chi connectivity index (χ1) is 17.0. The van der Waals surface area contributed by atoms with Crippen LogP contribution in [0.5, 0.6) is 0 Å². The Labute approximate surface area is 213 Å². The number of amides is 2. The number of nitrogens with zero attached hydrogens (tertiary/aromatic N) is 3. The van der Waals surface area contributed by atoms with Gasteiger partial charge in [-0.3, -0.25) is 14.5 Å². The van der Waals surface area contributed by atoms with Crippen LogP contribution in [-0.2, 0) is 21.4 Å². The number of nitrogens with two attached hydrogens (primary N) is 1. The van der Waals surface area contributed by atoms with E-state index in [1.54, 1.807) is 13.0 Å². The molecule has 0 bridgehead atoms. The Balaban J connectivity index is 1.76. The first-order valence-corrected chi connectivity index (χ1v) is 12.8. The van der Waals surface area contributed by atoms with Crippen LogP contribution in [0.4, 0.5) is 18.3 Å². The number of aromatic nitrogens is 2. The molecule has 2 amide bonds. The number of nitrogens with one attached hydrogen (secondary N) is 1. The highest BCUT2D eigenvalue weighted by Gasteiger charge is 2.44. The van der Waals surface area contributed by atoms with E-state index in [9.17, 15) is 22.8 Å². The van der Waals surface area contributed by atoms with Crippen molar-refractivity contribution in [3.05, 3.63) is 53.1 Å². The van der Waals surface area contributed by atoms with Gasteiger partial charge in [0, 0.05) is 18.0 Å². The van der Waals surface area contributed by atoms with E-state index in [1.807, 2.05) is 37.3 Å². The lowest BCUT2D eigenvalue weighted by atomic mass is 9.71. The number of carbonyl (C=O) groups is 2. The van der Waals surface area contributed by atoms with E-state index in [0.717, 1.165) is 36.2 Å². The van der Waals surface area contributed by atoms with Crippen LogP contribution in [0, 0.1) is 0 Å². The number of benzene rings is 1. The monoisotopic (exact) mass is 523 g/mol. The largest absolute Gasteiger partial charge is 0.471 e. The minimum absolute atomic E-state index is 0.0945. The second kappa shape index (κ2) is 12.0. The van der Waals surface area contributed by atoms with Gasteiger partial charge in [0.15, 0.2) is 0 Å². The Morgan fingerprint density at radius 2 is 1.94 bits per heavy atom. The summed E-state index contributed by atoms with van der Waals surface area (Å²) in [7, 11) is 0. The molecule has 2 aromatic rings. The molecule has 1 aliphatic rings. The molecule has 36 heavy (non-hydrogen) atoms. The first kappa shape index (κ1) is 27.8. The van der Waals surface area contributed by atoms with Crippen molar-refractivity contribution in [1.29, 1.82) is 0 Å². The minimum Gasteiger partial charge on any atom is -0.349 e. The maximum atomic E-state index is 13.4. The van der Waals surface area contributed by atoms with Crippen molar-refractivity contribution >= 4 is 28.3 Å². The molecule has 1 heterocycles. The fourth-order valence-electron chi connectivity index (χ4n) is 3.88. The minimum atomic E-state index is -5.06. The fourth-order valence-corrected chi connectivity index (χ4v) is 4.93. The number of carbonyl (C=O) groups excluding carboxylic acids is 2. The molecule has 1 fully saturated rings. The number of rotatable bonds is 11. The van der Waals surface area contributed by atoms with Gasteiger partial charge in [0.25, 0.3) is 0 Å². The molecule has 1 saturated carbocycles. The van der Waals surface area contributed by atoms with Crippen LogP contribution < -0.4 is 16.0 Å². The van der Waals surface area contributed by atoms with Gasteiger partial charge in [-0.2, -0.15) is 13.2 Å². The summed E-state index contributed by atoms with van der Waals surface area (Å²) in [6.07, 6.45) is 2.39. The Morgan fingerprint density at radius 1 is 1.25 bits per heavy atom. The van der Waals surface area contributed by atoms with Gasteiger partial charge in [0.05, 0.1) is 6.04 Å². The molecule has 3 N–H and O–H groups in total. The molecule has 0 saturated heterocycles. The zero-order valence-electron chi connectivity index (χ0n) is 20.4. The van der Waals surface area contributed by atoms with Crippen molar-refractivity contribution in [2.75, 3.05) is 11.4 Å². The summed E-state index contributed by atoms with van der Waals surface area (Å²) in [4.78, 5) is 25.2. The lowest BCUT2D eigenvalue weighted by Crippen LogP contribution is -2.45. The quantitative estimate of drug-likeness (QED) is 0.428. The van der Waals surface area contributed by atoms with Gasteiger partial charge in [-0.25, -0.2) is 0 Å². The van der Waals surface area contributed by atoms with Crippen LogP contribution in [0.25, 0.3) is 0 Å². The van der Waals surface area contributed by atoms with Crippen LogP contribution in [-0.4, -0.2) is 46.8 Å². The third-order valence-corrected chi connectivity index (χ3v) is 7.71. The van der Waals surface area contributed by atoms with E-state index in [4.69, 9.17) is 5.73 Å². The van der Waals surface area contributed by atoms with Gasteiger partial charge in [0.1, 0.15) is 5.01 Å². The number of anilines is 1. The molecular formula is C25H32F3N5O2S. The van der Waals surface area contributed by atoms with Gasteiger partial charge in [-0.15, -0.1) is 10.2 Å². The molecule has 0 unspecified atom stereocenters. The lowest BCUT2D eigenvalue weighted by molar-refractivity contribution is -0.170. The molecular weight excluding hydrogens is 491 g/mol. The number of alkyl halides is 3. The molecule has 1 aromatic heterocycles. The van der Waals surface area contributed by atoms with Crippen molar-refractivity contribution in [3.8, 4) is 0 Å². The molecule has 196 valence electrons. The number of hydrogen-bond acceptors (Lipinski definition) is 6. The number of halogens is 3. The molecule has 0 aliphatic heterocycles. The Morgan fingerprint density at radius 3 is 2.53 bits per heavy atom. The zero-order chi connectivity index (χ0) is 26.3. The van der Waals surface area contributed by atoms with Crippen molar-refractivity contribution < 1.29 is 22.8 Å². The molecule has 7 nitrogen and oxygen atoms in total. The van der Waals surface area contributed by atoms with Crippen molar-refractivity contribution in [3.63, 3.8) is 0 Å². The lowest BCUT2D eigenvalue weighted by Gasteiger charge is -2.35. The predicted molar refractivity (Wildman–Crippen MR) is 134 cm³/mol. The number of aryl methyl sites for hydroxylation is 1. The highest BCUT2D eigenvalue weighted by Crippen LogP contribution is 2.45. The average molecular weight is 524 g/mol. The number of hydrogen-bond donors (Lipinski definition) is 2. The molecule has 3 rings (SSSR count). The van der Waals surface area contributed by atoms with Gasteiger partial charge < -0.3 is 11.1 Å². The highest BCUT2D eigenvalue weighted by atomic mass is 32.1. The van der Waals surface area contributed by atoms with E-state index in [1.165, 1.54) is 6.08 Å².